The van der Waals surface area contributed by atoms with Gasteiger partial charge in [-0.25, -0.2) is 0 Å². The number of carbonyl (C=O) groups is 1. The van der Waals surface area contributed by atoms with Crippen molar-refractivity contribution in [3.05, 3.63) is 64.1 Å². The van der Waals surface area contributed by atoms with Gasteiger partial charge in [0.15, 0.2) is 11.4 Å². The van der Waals surface area contributed by atoms with Crippen molar-refractivity contribution in [3.63, 3.8) is 0 Å². The smallest absolute Gasteiger partial charge is 0.277 e. The van der Waals surface area contributed by atoms with Gasteiger partial charge in [0.25, 0.3) is 5.91 Å². The van der Waals surface area contributed by atoms with E-state index in [1.54, 1.807) is 0 Å². The summed E-state index contributed by atoms with van der Waals surface area (Å²) in [4.78, 5) is 26.8. The molecule has 4 rings (SSSR count). The molecule has 1 fully saturated rings. The first kappa shape index (κ1) is 18.8. The summed E-state index contributed by atoms with van der Waals surface area (Å²) in [7, 11) is 23.8. The van der Waals surface area contributed by atoms with Gasteiger partial charge >= 0.3 is 0 Å². The largest absolute Gasteiger partial charge is 0.482 e. The van der Waals surface area contributed by atoms with Gasteiger partial charge in [-0.05, 0) is 16.3 Å². The molecule has 132 valence electrons. The van der Waals surface area contributed by atoms with Crippen molar-refractivity contribution in [1.82, 2.24) is 9.58 Å². The van der Waals surface area contributed by atoms with Crippen molar-refractivity contribution in [2.24, 2.45) is 0 Å². The quantitative estimate of drug-likeness (QED) is 0.689. The summed E-state index contributed by atoms with van der Waals surface area (Å²) in [6.07, 6.45) is 0.684. The fourth-order valence-corrected chi connectivity index (χ4v) is 3.23. The van der Waals surface area contributed by atoms with Crippen LogP contribution < -0.4 is 15.6 Å². The molecule has 11 heteroatoms. The minimum Gasteiger partial charge on any atom is -0.482 e. The number of nitrogens with one attached hydrogen (secondary N) is 1. The predicted molar refractivity (Wildman–Crippen MR) is 105 cm³/mol. The van der Waals surface area contributed by atoms with E-state index in [1.165, 1.54) is 16.9 Å². The lowest BCUT2D eigenvalue weighted by Crippen LogP contribution is -2.78. The van der Waals surface area contributed by atoms with Crippen LogP contribution in [0.5, 0.6) is 5.75 Å². The summed E-state index contributed by atoms with van der Waals surface area (Å²) in [6, 6.07) is 10.5. The molecule has 8 radical (unpaired) electrons. The number of nitrogens with zero attached hydrogens (tertiary/aromatic N) is 2. The molecule has 0 aliphatic carbocycles. The second kappa shape index (κ2) is 6.51. The number of aromatic nitrogens is 1. The van der Waals surface area contributed by atoms with Crippen LogP contribution in [-0.4, -0.2) is 70.4 Å². The van der Waals surface area contributed by atoms with Crippen LogP contribution in [0.1, 0.15) is 16.1 Å². The Morgan fingerprint density at radius 2 is 1.86 bits per heavy atom. The third-order valence-electron chi connectivity index (χ3n) is 4.81. The number of carbonyl (C=O) groups excluding carboxylic acids is 1. The Morgan fingerprint density at radius 3 is 2.57 bits per heavy atom. The Hall–Kier alpha value is -2.54. The number of hydrogen-bond acceptors (Lipinski definition) is 5. The topological polar surface area (TPSA) is 72.8 Å². The molecule has 1 unspecified atom stereocenters. The third-order valence-corrected chi connectivity index (χ3v) is 4.81. The van der Waals surface area contributed by atoms with Crippen molar-refractivity contribution < 1.29 is 14.3 Å². The van der Waals surface area contributed by atoms with Crippen molar-refractivity contribution in [2.45, 2.75) is 23.5 Å². The summed E-state index contributed by atoms with van der Waals surface area (Å²) < 4.78 is 12.4. The average molecular weight is 367 g/mol. The van der Waals surface area contributed by atoms with Gasteiger partial charge in [-0.1, -0.05) is 30.3 Å². The monoisotopic (exact) mass is 367 g/mol. The number of benzene rings is 1. The molecule has 1 saturated heterocycles. The Morgan fingerprint density at radius 1 is 1.14 bits per heavy atom. The molecule has 1 atom stereocenters. The Labute approximate surface area is 167 Å². The molecule has 7 nitrogen and oxygen atoms in total. The van der Waals surface area contributed by atoms with Gasteiger partial charge in [0, 0.05) is 12.3 Å². The summed E-state index contributed by atoms with van der Waals surface area (Å²) >= 11 is 0. The minimum atomic E-state index is -2.03. The molecule has 0 saturated carbocycles. The third kappa shape index (κ3) is 2.85. The normalized spacial score (nSPS) is 21.9. The van der Waals surface area contributed by atoms with Gasteiger partial charge in [0.2, 0.25) is 5.43 Å². The van der Waals surface area contributed by atoms with Crippen LogP contribution in [-0.2, 0) is 11.3 Å². The van der Waals surface area contributed by atoms with Gasteiger partial charge < -0.3 is 19.8 Å². The van der Waals surface area contributed by atoms with E-state index < -0.39 is 28.2 Å². The summed E-state index contributed by atoms with van der Waals surface area (Å²) in [5.74, 6) is -0.790. The number of rotatable bonds is 3. The second-order valence-electron chi connectivity index (χ2n) is 6.75. The standard InChI is InChI=1S/C17H13B4N3O4/c18-16(19)17(20,21)28-9-12-22-23-7-6-11(25)14(13(23)15(26)24(12)16)27-8-10-4-2-1-3-5-10/h1-7,12,22H,8-9H2. The lowest BCUT2D eigenvalue weighted by molar-refractivity contribution is -0.0648. The van der Waals surface area contributed by atoms with E-state index in [0.29, 0.717) is 0 Å². The first-order valence-electron chi connectivity index (χ1n) is 8.54. The van der Waals surface area contributed by atoms with Crippen LogP contribution in [0.15, 0.2) is 47.4 Å². The van der Waals surface area contributed by atoms with Crippen molar-refractivity contribution in [3.8, 4) is 5.75 Å². The first-order valence-corrected chi connectivity index (χ1v) is 8.54. The van der Waals surface area contributed by atoms with E-state index in [2.05, 4.69) is 5.43 Å². The SMILES string of the molecule is [B]C1([B])OCC2Nn3ccc(=O)c(OCc4ccccc4)c3C(=O)N2C1([B])[B]. The van der Waals surface area contributed by atoms with Gasteiger partial charge in [-0.15, -0.1) is 0 Å². The van der Waals surface area contributed by atoms with Gasteiger partial charge in [-0.2, -0.15) is 0 Å². The summed E-state index contributed by atoms with van der Waals surface area (Å²) in [5, 5.41) is -4.02. The zero-order valence-corrected chi connectivity index (χ0v) is 14.9. The molecule has 28 heavy (non-hydrogen) atoms. The molecule has 1 N–H and O–H groups in total. The summed E-state index contributed by atoms with van der Waals surface area (Å²) in [6.45, 7) is 0.0433. The Balaban J connectivity index is 1.74. The fraction of sp³-hybridized carbons (Fsp3) is 0.294. The molecule has 2 aliphatic rings. The number of fused-ring (bicyclic) bond motifs is 2. The van der Waals surface area contributed by atoms with E-state index in [9.17, 15) is 9.59 Å². The number of morpholine rings is 1. The molecule has 0 spiro atoms. The highest BCUT2D eigenvalue weighted by molar-refractivity contribution is 6.54. The highest BCUT2D eigenvalue weighted by atomic mass is 16.5. The van der Waals surface area contributed by atoms with Crippen molar-refractivity contribution in [1.29, 1.82) is 0 Å². The maximum absolute atomic E-state index is 13.3. The van der Waals surface area contributed by atoms with Crippen LogP contribution in [0.4, 0.5) is 0 Å². The molecular weight excluding hydrogens is 353 g/mol. The average Bonchev–Trinajstić information content (AvgIpc) is 2.65. The van der Waals surface area contributed by atoms with E-state index in [4.69, 9.17) is 40.9 Å². The maximum atomic E-state index is 13.3. The van der Waals surface area contributed by atoms with Crippen LogP contribution in [0.2, 0.25) is 0 Å². The Bertz CT molecular complexity index is 980. The van der Waals surface area contributed by atoms with E-state index in [-0.39, 0.29) is 24.7 Å². The zero-order valence-electron chi connectivity index (χ0n) is 14.9. The van der Waals surface area contributed by atoms with Crippen LogP contribution in [0, 0.1) is 0 Å². The molecule has 0 bridgehead atoms. The van der Waals surface area contributed by atoms with Gasteiger partial charge in [0.1, 0.15) is 28.5 Å². The van der Waals surface area contributed by atoms with Crippen molar-refractivity contribution >= 4 is 37.3 Å². The first-order chi connectivity index (χ1) is 13.2. The Kier molecular flexibility index (Phi) is 4.38. The molecule has 2 aromatic rings. The predicted octanol–water partition coefficient (Wildman–Crippen LogP) is -1.24. The maximum Gasteiger partial charge on any atom is 0.277 e. The van der Waals surface area contributed by atoms with Crippen LogP contribution in [0.3, 0.4) is 0 Å². The van der Waals surface area contributed by atoms with E-state index in [1.807, 2.05) is 30.3 Å². The highest BCUT2D eigenvalue weighted by Gasteiger charge is 2.52. The van der Waals surface area contributed by atoms with Crippen LogP contribution in [0.25, 0.3) is 0 Å². The highest BCUT2D eigenvalue weighted by Crippen LogP contribution is 2.34. The molecule has 2 aliphatic heterocycles. The lowest BCUT2D eigenvalue weighted by atomic mass is 9.38. The lowest BCUT2D eigenvalue weighted by Gasteiger charge is -2.59. The summed E-state index contributed by atoms with van der Waals surface area (Å²) in [5.41, 5.74) is 3.31. The number of hydrogen-bond donors (Lipinski definition) is 1. The van der Waals surface area contributed by atoms with E-state index >= 15 is 0 Å². The zero-order chi connectivity index (χ0) is 20.1. The molecule has 3 heterocycles. The molecule has 1 aromatic carbocycles. The number of ether oxygens (including phenoxy) is 2. The van der Waals surface area contributed by atoms with Crippen LogP contribution >= 0.6 is 0 Å². The molecule has 1 amide bonds. The van der Waals surface area contributed by atoms with Gasteiger partial charge in [0.05, 0.1) is 22.3 Å². The van der Waals surface area contributed by atoms with Gasteiger partial charge in [-0.3, -0.25) is 14.3 Å². The minimum absolute atomic E-state index is 0.0549. The fourth-order valence-electron chi connectivity index (χ4n) is 3.23. The molecular formula is C17H13B4N3O4. The number of amides is 1. The second-order valence-corrected chi connectivity index (χ2v) is 6.75. The molecule has 1 aromatic heterocycles. The number of pyridine rings is 1. The van der Waals surface area contributed by atoms with E-state index in [0.717, 1.165) is 10.5 Å². The van der Waals surface area contributed by atoms with Crippen molar-refractivity contribution in [2.75, 3.05) is 12.0 Å².